The van der Waals surface area contributed by atoms with E-state index >= 15 is 0 Å². The Morgan fingerprint density at radius 3 is 0.798 bits per heavy atom. The molecule has 0 aromatic carbocycles. The van der Waals surface area contributed by atoms with Crippen LogP contribution in [0.25, 0.3) is 0 Å². The number of aliphatic hydroxyl groups is 1. The van der Waals surface area contributed by atoms with Crippen LogP contribution < -0.4 is 0 Å². The van der Waals surface area contributed by atoms with Gasteiger partial charge in [-0.15, -0.1) is 0 Å². The molecule has 0 aromatic heterocycles. The molecule has 3 N–H and O–H groups in total. The van der Waals surface area contributed by atoms with Crippen molar-refractivity contribution in [1.82, 2.24) is 0 Å². The van der Waals surface area contributed by atoms with Crippen molar-refractivity contribution in [3.05, 3.63) is 0 Å². The fraction of sp³-hybridized carbons (Fsp3) is 0.943. The Labute approximate surface area is 543 Å². The molecule has 0 radical (unpaired) electrons. The number of unbranched alkanes of at least 4 members (excludes halogenated alkanes) is 31. The van der Waals surface area contributed by atoms with Crippen molar-refractivity contribution in [2.24, 2.45) is 23.7 Å². The van der Waals surface area contributed by atoms with Crippen molar-refractivity contribution in [2.45, 2.75) is 363 Å². The Balaban J connectivity index is 5.26. The first-order chi connectivity index (χ1) is 42.7. The van der Waals surface area contributed by atoms with Gasteiger partial charge in [-0.25, -0.2) is 9.13 Å². The molecule has 0 spiro atoms. The molecule has 0 saturated heterocycles. The number of phosphoric ester groups is 2. The SMILES string of the molecule is CCC(C)CCCCCCCCCCCCC(=O)O[C@H](COC(=O)CCCCCCCCCCCCCCC(C)C)COP(=O)(O)OCC(O)COP(=O)(O)OC[C@@H](COC(=O)CCCCCCCCCC(C)C)OC(=O)CCCCCCCCC(C)CC. The summed E-state index contributed by atoms with van der Waals surface area (Å²) >= 11 is 0. The van der Waals surface area contributed by atoms with E-state index in [1.54, 1.807) is 0 Å². The molecular formula is C70H136O17P2. The van der Waals surface area contributed by atoms with Gasteiger partial charge in [0, 0.05) is 25.7 Å². The van der Waals surface area contributed by atoms with Gasteiger partial charge in [0.05, 0.1) is 26.4 Å². The van der Waals surface area contributed by atoms with E-state index in [1.807, 2.05) is 0 Å². The lowest BCUT2D eigenvalue weighted by molar-refractivity contribution is -0.161. The third-order valence-corrected chi connectivity index (χ3v) is 18.7. The van der Waals surface area contributed by atoms with Gasteiger partial charge < -0.3 is 33.8 Å². The van der Waals surface area contributed by atoms with Crippen molar-refractivity contribution in [1.29, 1.82) is 0 Å². The van der Waals surface area contributed by atoms with E-state index in [0.29, 0.717) is 31.6 Å². The van der Waals surface area contributed by atoms with Crippen LogP contribution in [0.2, 0.25) is 0 Å². The Hall–Kier alpha value is -1.94. The Bertz CT molecular complexity index is 1770. The quantitative estimate of drug-likeness (QED) is 0.0222. The van der Waals surface area contributed by atoms with Crippen LogP contribution in [0.15, 0.2) is 0 Å². The molecule has 0 heterocycles. The number of hydrogen-bond acceptors (Lipinski definition) is 15. The molecule has 0 aromatic rings. The second kappa shape index (κ2) is 59.8. The van der Waals surface area contributed by atoms with Crippen molar-refractivity contribution < 1.29 is 80.2 Å². The van der Waals surface area contributed by atoms with Crippen molar-refractivity contribution in [3.63, 3.8) is 0 Å². The average molecular weight is 1310 g/mol. The third kappa shape index (κ3) is 62.0. The summed E-state index contributed by atoms with van der Waals surface area (Å²) in [6.45, 7) is 14.1. The van der Waals surface area contributed by atoms with Crippen LogP contribution in [0.1, 0.15) is 344 Å². The number of hydrogen-bond donors (Lipinski definition) is 3. The molecule has 0 aliphatic heterocycles. The predicted molar refractivity (Wildman–Crippen MR) is 358 cm³/mol. The molecule has 7 atom stereocenters. The summed E-state index contributed by atoms with van der Waals surface area (Å²) in [6, 6.07) is 0. The molecule has 0 fully saturated rings. The normalized spacial score (nSPS) is 14.9. The molecule has 89 heavy (non-hydrogen) atoms. The summed E-state index contributed by atoms with van der Waals surface area (Å²) in [5.41, 5.74) is 0. The highest BCUT2D eigenvalue weighted by Crippen LogP contribution is 2.45. The van der Waals surface area contributed by atoms with Gasteiger partial charge in [-0.1, -0.05) is 293 Å². The minimum absolute atomic E-state index is 0.102. The molecule has 0 aliphatic rings. The molecule has 19 heteroatoms. The summed E-state index contributed by atoms with van der Waals surface area (Å²) in [5.74, 6) is 0.878. The maximum atomic E-state index is 13.0. The van der Waals surface area contributed by atoms with E-state index in [9.17, 15) is 43.2 Å². The lowest BCUT2D eigenvalue weighted by atomic mass is 9.99. The molecule has 0 bridgehead atoms. The number of carbonyl (C=O) groups excluding carboxylic acids is 4. The number of ether oxygens (including phenoxy) is 4. The lowest BCUT2D eigenvalue weighted by Gasteiger charge is -2.21. The first kappa shape index (κ1) is 87.1. The molecule has 0 rings (SSSR count). The maximum Gasteiger partial charge on any atom is 0.472 e. The molecule has 0 saturated carbocycles. The fourth-order valence-electron chi connectivity index (χ4n) is 10.4. The zero-order valence-electron chi connectivity index (χ0n) is 58.1. The largest absolute Gasteiger partial charge is 0.472 e. The smallest absolute Gasteiger partial charge is 0.462 e. The number of carbonyl (C=O) groups is 4. The van der Waals surface area contributed by atoms with Crippen LogP contribution in [0.5, 0.6) is 0 Å². The van der Waals surface area contributed by atoms with Crippen LogP contribution >= 0.6 is 15.6 Å². The van der Waals surface area contributed by atoms with Crippen LogP contribution in [0, 0.1) is 23.7 Å². The van der Waals surface area contributed by atoms with Crippen LogP contribution in [0.3, 0.4) is 0 Å². The maximum absolute atomic E-state index is 13.0. The summed E-state index contributed by atoms with van der Waals surface area (Å²) in [5, 5.41) is 10.6. The summed E-state index contributed by atoms with van der Waals surface area (Å²) in [4.78, 5) is 72.5. The van der Waals surface area contributed by atoms with Crippen LogP contribution in [-0.2, 0) is 65.4 Å². The van der Waals surface area contributed by atoms with Gasteiger partial charge in [-0.05, 0) is 49.4 Å². The summed E-state index contributed by atoms with van der Waals surface area (Å²) in [7, 11) is -9.90. The standard InChI is InChI=1S/C70H136O17P2/c1-9-62(7)48-40-32-24-18-15-16-20-26-36-44-52-69(74)86-65(56-80-67(72)50-42-34-25-19-14-12-11-13-17-22-30-38-46-60(3)4)58-84-88(76,77)82-54-64(71)55-83-89(78,79)85-59-66(87-70(75)53-45-37-29-28-33-41-49-63(8)10-2)57-81-68(73)51-43-35-27-21-23-31-39-47-61(5)6/h60-66,71H,9-59H2,1-8H3,(H,76,77)(H,78,79)/t62?,63?,64?,65-,66-/m1/s1. The van der Waals surface area contributed by atoms with E-state index in [4.69, 9.17) is 37.0 Å². The second-order valence-electron chi connectivity index (χ2n) is 26.7. The first-order valence-electron chi connectivity index (χ1n) is 36.3. The van der Waals surface area contributed by atoms with Gasteiger partial charge >= 0.3 is 39.5 Å². The van der Waals surface area contributed by atoms with E-state index in [2.05, 4.69) is 55.4 Å². The van der Waals surface area contributed by atoms with E-state index in [-0.39, 0.29) is 25.7 Å². The first-order valence-corrected chi connectivity index (χ1v) is 39.3. The monoisotopic (exact) mass is 1310 g/mol. The Morgan fingerprint density at radius 2 is 0.539 bits per heavy atom. The van der Waals surface area contributed by atoms with Gasteiger partial charge in [0.15, 0.2) is 12.2 Å². The number of esters is 4. The van der Waals surface area contributed by atoms with E-state index in [1.165, 1.54) is 141 Å². The predicted octanol–water partition coefficient (Wildman–Crippen LogP) is 19.7. The third-order valence-electron chi connectivity index (χ3n) is 16.8. The zero-order chi connectivity index (χ0) is 66.1. The molecule has 17 nitrogen and oxygen atoms in total. The molecule has 528 valence electrons. The minimum Gasteiger partial charge on any atom is -0.462 e. The van der Waals surface area contributed by atoms with Crippen molar-refractivity contribution in [3.8, 4) is 0 Å². The molecule has 5 unspecified atom stereocenters. The molecule has 0 amide bonds. The Morgan fingerprint density at radius 1 is 0.315 bits per heavy atom. The van der Waals surface area contributed by atoms with E-state index in [0.717, 1.165) is 114 Å². The zero-order valence-corrected chi connectivity index (χ0v) is 59.8. The fourth-order valence-corrected chi connectivity index (χ4v) is 12.0. The van der Waals surface area contributed by atoms with E-state index < -0.39 is 97.5 Å². The minimum atomic E-state index is -4.95. The number of phosphoric acid groups is 2. The van der Waals surface area contributed by atoms with Gasteiger partial charge in [-0.2, -0.15) is 0 Å². The Kier molecular flexibility index (Phi) is 58.5. The lowest BCUT2D eigenvalue weighted by Crippen LogP contribution is -2.30. The highest BCUT2D eigenvalue weighted by Gasteiger charge is 2.30. The number of rotatable bonds is 67. The average Bonchev–Trinajstić information content (AvgIpc) is 3.58. The van der Waals surface area contributed by atoms with Crippen LogP contribution in [-0.4, -0.2) is 96.7 Å². The topological polar surface area (TPSA) is 237 Å². The summed E-state index contributed by atoms with van der Waals surface area (Å²) < 4.78 is 68.3. The van der Waals surface area contributed by atoms with Gasteiger partial charge in [0.25, 0.3) is 0 Å². The van der Waals surface area contributed by atoms with Gasteiger partial charge in [0.2, 0.25) is 0 Å². The molecule has 0 aliphatic carbocycles. The second-order valence-corrected chi connectivity index (χ2v) is 29.6. The number of aliphatic hydroxyl groups excluding tert-OH is 1. The van der Waals surface area contributed by atoms with Crippen molar-refractivity contribution >= 4 is 39.5 Å². The highest BCUT2D eigenvalue weighted by atomic mass is 31.2. The molecular weight excluding hydrogens is 1170 g/mol. The van der Waals surface area contributed by atoms with Gasteiger partial charge in [0.1, 0.15) is 19.3 Å². The summed E-state index contributed by atoms with van der Waals surface area (Å²) in [6.07, 6.45) is 41.7. The van der Waals surface area contributed by atoms with Crippen molar-refractivity contribution in [2.75, 3.05) is 39.6 Å². The highest BCUT2D eigenvalue weighted by molar-refractivity contribution is 7.47. The van der Waals surface area contributed by atoms with Crippen LogP contribution in [0.4, 0.5) is 0 Å². The van der Waals surface area contributed by atoms with Gasteiger partial charge in [-0.3, -0.25) is 37.3 Å².